The van der Waals surface area contributed by atoms with Crippen molar-refractivity contribution in [2.24, 2.45) is 0 Å². The van der Waals surface area contributed by atoms with Gasteiger partial charge in [0.15, 0.2) is 0 Å². The smallest absolute Gasteiger partial charge is 0.0295 e. The molecular weight excluding hydrogens is 352 g/mol. The van der Waals surface area contributed by atoms with Crippen LogP contribution >= 0.6 is 31.9 Å². The van der Waals surface area contributed by atoms with Crippen molar-refractivity contribution in [2.45, 2.75) is 10.7 Å². The zero-order chi connectivity index (χ0) is 13.1. The molecule has 2 rings (SSSR count). The molecule has 0 radical (unpaired) electrons. The van der Waals surface area contributed by atoms with Crippen molar-refractivity contribution in [1.82, 2.24) is 0 Å². The van der Waals surface area contributed by atoms with Gasteiger partial charge in [0.2, 0.25) is 0 Å². The third kappa shape index (κ3) is 2.08. The lowest BCUT2D eigenvalue weighted by atomic mass is 9.90. The number of rotatable bonds is 4. The van der Waals surface area contributed by atoms with Gasteiger partial charge in [0.1, 0.15) is 0 Å². The van der Waals surface area contributed by atoms with Gasteiger partial charge < -0.3 is 0 Å². The molecule has 18 heavy (non-hydrogen) atoms. The third-order valence-electron chi connectivity index (χ3n) is 3.19. The summed E-state index contributed by atoms with van der Waals surface area (Å²) in [6.07, 6.45) is 3.85. The van der Waals surface area contributed by atoms with Crippen molar-refractivity contribution in [3.05, 3.63) is 59.7 Å². The van der Waals surface area contributed by atoms with Gasteiger partial charge in [-0.1, -0.05) is 81.4 Å². The van der Waals surface area contributed by atoms with E-state index in [0.29, 0.717) is 0 Å². The van der Waals surface area contributed by atoms with E-state index < -0.39 is 0 Å². The molecule has 0 aliphatic rings. The molecule has 0 aliphatic carbocycles. The summed E-state index contributed by atoms with van der Waals surface area (Å²) in [4.78, 5) is 0. The fourth-order valence-corrected chi connectivity index (χ4v) is 3.59. The van der Waals surface area contributed by atoms with Crippen molar-refractivity contribution >= 4 is 54.8 Å². The molecular formula is C16H14Br2. The first kappa shape index (κ1) is 13.6. The predicted molar refractivity (Wildman–Crippen MR) is 89.4 cm³/mol. The van der Waals surface area contributed by atoms with E-state index in [1.54, 1.807) is 0 Å². The van der Waals surface area contributed by atoms with E-state index in [4.69, 9.17) is 0 Å². The van der Waals surface area contributed by atoms with Gasteiger partial charge >= 0.3 is 0 Å². The highest BCUT2D eigenvalue weighted by Gasteiger charge is 2.14. The molecule has 0 nitrogen and oxygen atoms in total. The predicted octanol–water partition coefficient (Wildman–Crippen LogP) is 5.92. The number of halogens is 2. The van der Waals surface area contributed by atoms with Gasteiger partial charge in [0.25, 0.3) is 0 Å². The van der Waals surface area contributed by atoms with Crippen molar-refractivity contribution in [3.8, 4) is 0 Å². The molecule has 0 saturated heterocycles. The average Bonchev–Trinajstić information content (AvgIpc) is 2.44. The number of alkyl halides is 2. The minimum absolute atomic E-state index is 0.818. The lowest BCUT2D eigenvalue weighted by Gasteiger charge is -2.16. The van der Waals surface area contributed by atoms with Crippen LogP contribution in [0.25, 0.3) is 22.9 Å². The van der Waals surface area contributed by atoms with Crippen LogP contribution in [-0.4, -0.2) is 0 Å². The van der Waals surface area contributed by atoms with E-state index in [0.717, 1.165) is 10.7 Å². The summed E-state index contributed by atoms with van der Waals surface area (Å²) < 4.78 is 0. The molecule has 2 aromatic carbocycles. The summed E-state index contributed by atoms with van der Waals surface area (Å²) in [7, 11) is 0. The summed E-state index contributed by atoms with van der Waals surface area (Å²) in [6, 6.07) is 8.48. The second-order valence-electron chi connectivity index (χ2n) is 4.01. The number of benzene rings is 2. The highest BCUT2D eigenvalue weighted by Crippen LogP contribution is 2.34. The van der Waals surface area contributed by atoms with Crippen molar-refractivity contribution < 1.29 is 0 Å². The first-order chi connectivity index (χ1) is 8.78. The maximum absolute atomic E-state index is 3.95. The fraction of sp³-hybridized carbons (Fsp3) is 0.125. The van der Waals surface area contributed by atoms with Crippen molar-refractivity contribution in [1.29, 1.82) is 0 Å². The van der Waals surface area contributed by atoms with Crippen LogP contribution in [0.5, 0.6) is 0 Å². The second-order valence-corrected chi connectivity index (χ2v) is 5.13. The molecule has 92 valence electrons. The topological polar surface area (TPSA) is 0 Å². The van der Waals surface area contributed by atoms with Crippen LogP contribution in [-0.2, 0) is 10.7 Å². The lowest BCUT2D eigenvalue weighted by molar-refractivity contribution is 1.38. The van der Waals surface area contributed by atoms with Crippen LogP contribution in [0.1, 0.15) is 22.3 Å². The minimum atomic E-state index is 0.818. The molecule has 0 saturated carbocycles. The van der Waals surface area contributed by atoms with Crippen LogP contribution in [0.2, 0.25) is 0 Å². The van der Waals surface area contributed by atoms with Crippen LogP contribution in [0.4, 0.5) is 0 Å². The molecule has 0 N–H and O–H groups in total. The number of hydrogen-bond acceptors (Lipinski definition) is 0. The molecule has 0 bridgehead atoms. The zero-order valence-electron chi connectivity index (χ0n) is 10.0. The highest BCUT2D eigenvalue weighted by atomic mass is 79.9. The summed E-state index contributed by atoms with van der Waals surface area (Å²) in [5.74, 6) is 0. The Morgan fingerprint density at radius 2 is 1.22 bits per heavy atom. The van der Waals surface area contributed by atoms with Gasteiger partial charge in [-0.3, -0.25) is 0 Å². The van der Waals surface area contributed by atoms with E-state index >= 15 is 0 Å². The maximum Gasteiger partial charge on any atom is 0.0295 e. The van der Waals surface area contributed by atoms with Gasteiger partial charge in [0.05, 0.1) is 0 Å². The monoisotopic (exact) mass is 364 g/mol. The zero-order valence-corrected chi connectivity index (χ0v) is 13.2. The number of fused-ring (bicyclic) bond motifs is 1. The molecule has 0 spiro atoms. The first-order valence-corrected chi connectivity index (χ1v) is 7.96. The third-order valence-corrected chi connectivity index (χ3v) is 4.31. The van der Waals surface area contributed by atoms with E-state index in [1.165, 1.54) is 33.0 Å². The van der Waals surface area contributed by atoms with Crippen molar-refractivity contribution in [3.63, 3.8) is 0 Å². The number of hydrogen-bond donors (Lipinski definition) is 0. The fourth-order valence-electron chi connectivity index (χ4n) is 2.38. The van der Waals surface area contributed by atoms with Gasteiger partial charge in [-0.15, -0.1) is 0 Å². The van der Waals surface area contributed by atoms with E-state index in [1.807, 2.05) is 12.2 Å². The van der Waals surface area contributed by atoms with Crippen LogP contribution in [0.15, 0.2) is 37.4 Å². The molecule has 0 atom stereocenters. The Morgan fingerprint density at radius 1 is 0.833 bits per heavy atom. The Kier molecular flexibility index (Phi) is 4.41. The lowest BCUT2D eigenvalue weighted by Crippen LogP contribution is -1.97. The first-order valence-electron chi connectivity index (χ1n) is 5.71. The Balaban J connectivity index is 3.03. The van der Waals surface area contributed by atoms with Crippen LogP contribution < -0.4 is 0 Å². The largest absolute Gasteiger partial charge is 0.0984 e. The normalized spacial score (nSPS) is 10.6. The molecule has 0 amide bonds. The van der Waals surface area contributed by atoms with Gasteiger partial charge in [-0.05, 0) is 33.0 Å². The molecule has 2 heteroatoms. The van der Waals surface area contributed by atoms with Crippen LogP contribution in [0, 0.1) is 0 Å². The van der Waals surface area contributed by atoms with Gasteiger partial charge in [-0.25, -0.2) is 0 Å². The molecule has 0 unspecified atom stereocenters. The maximum atomic E-state index is 3.95. The Hall–Kier alpha value is -0.860. The van der Waals surface area contributed by atoms with Crippen molar-refractivity contribution in [2.75, 3.05) is 0 Å². The summed E-state index contributed by atoms with van der Waals surface area (Å²) in [5, 5.41) is 4.20. The SMILES string of the molecule is C=Cc1c(C=C)c(CBr)c2ccccc2c1CBr. The summed E-state index contributed by atoms with van der Waals surface area (Å²) in [6.45, 7) is 7.89. The Bertz CT molecular complexity index is 558. The van der Waals surface area contributed by atoms with Gasteiger partial charge in [0, 0.05) is 10.7 Å². The minimum Gasteiger partial charge on any atom is -0.0984 e. The van der Waals surface area contributed by atoms with E-state index in [9.17, 15) is 0 Å². The molecule has 0 fully saturated rings. The molecule has 0 aliphatic heterocycles. The Labute approximate surface area is 125 Å². The molecule has 2 aromatic rings. The van der Waals surface area contributed by atoms with E-state index in [-0.39, 0.29) is 0 Å². The van der Waals surface area contributed by atoms with Gasteiger partial charge in [-0.2, -0.15) is 0 Å². The summed E-state index contributed by atoms with van der Waals surface area (Å²) in [5.41, 5.74) is 4.91. The Morgan fingerprint density at radius 3 is 1.50 bits per heavy atom. The van der Waals surface area contributed by atoms with E-state index in [2.05, 4.69) is 69.3 Å². The summed E-state index contributed by atoms with van der Waals surface area (Å²) >= 11 is 7.17. The second kappa shape index (κ2) is 5.85. The quantitative estimate of drug-likeness (QED) is 0.590. The highest BCUT2D eigenvalue weighted by molar-refractivity contribution is 9.08. The average molecular weight is 366 g/mol. The van der Waals surface area contributed by atoms with Crippen LogP contribution in [0.3, 0.4) is 0 Å². The standard InChI is InChI=1S/C16H14Br2/c1-3-11-12(4-2)16(10-18)14-8-6-5-7-13(14)15(11)9-17/h3-8H,1-2,9-10H2. The molecule has 0 aromatic heterocycles. The molecule has 0 heterocycles.